The van der Waals surface area contributed by atoms with E-state index in [4.69, 9.17) is 0 Å². The summed E-state index contributed by atoms with van der Waals surface area (Å²) in [6.07, 6.45) is 2.63. The predicted octanol–water partition coefficient (Wildman–Crippen LogP) is 2.98. The molecule has 1 aromatic heterocycles. The van der Waals surface area contributed by atoms with Gasteiger partial charge in [-0.15, -0.1) is 11.8 Å². The van der Waals surface area contributed by atoms with Crippen LogP contribution in [0.25, 0.3) is 0 Å². The first-order valence-electron chi connectivity index (χ1n) is 7.33. The Morgan fingerprint density at radius 2 is 2.10 bits per heavy atom. The predicted molar refractivity (Wildman–Crippen MR) is 84.3 cm³/mol. The van der Waals surface area contributed by atoms with Crippen molar-refractivity contribution in [2.45, 2.75) is 45.1 Å². The van der Waals surface area contributed by atoms with Gasteiger partial charge in [-0.05, 0) is 44.7 Å². The molecule has 0 unspecified atom stereocenters. The summed E-state index contributed by atoms with van der Waals surface area (Å²) in [6.45, 7) is 7.68. The molecule has 0 aromatic carbocycles. The second kappa shape index (κ2) is 6.95. The molecule has 0 aliphatic carbocycles. The average molecular weight is 303 g/mol. The van der Waals surface area contributed by atoms with Gasteiger partial charge in [0, 0.05) is 31.0 Å². The Hall–Kier alpha value is -1.54. The second-order valence-electron chi connectivity index (χ2n) is 5.43. The molecule has 1 aliphatic rings. The Balaban J connectivity index is 1.94. The molecule has 1 saturated heterocycles. The van der Waals surface area contributed by atoms with Crippen molar-refractivity contribution < 1.29 is 4.79 Å². The van der Waals surface area contributed by atoms with Gasteiger partial charge in [0.05, 0.1) is 5.56 Å². The Morgan fingerprint density at radius 3 is 2.71 bits per heavy atom. The van der Waals surface area contributed by atoms with Gasteiger partial charge in [0.25, 0.3) is 0 Å². The SMILES string of the molecule is Cc1nc(SCCCN2CCCC2=O)c(C#N)c(C)c1C. The zero-order valence-corrected chi connectivity index (χ0v) is 13.7. The van der Waals surface area contributed by atoms with Gasteiger partial charge in [0.15, 0.2) is 0 Å². The number of carbonyl (C=O) groups is 1. The fourth-order valence-corrected chi connectivity index (χ4v) is 3.52. The van der Waals surface area contributed by atoms with Crippen LogP contribution in [0.4, 0.5) is 0 Å². The molecular weight excluding hydrogens is 282 g/mol. The van der Waals surface area contributed by atoms with Gasteiger partial charge in [0.2, 0.25) is 5.91 Å². The van der Waals surface area contributed by atoms with Crippen LogP contribution >= 0.6 is 11.8 Å². The highest BCUT2D eigenvalue weighted by atomic mass is 32.2. The van der Waals surface area contributed by atoms with Gasteiger partial charge in [-0.2, -0.15) is 5.26 Å². The maximum atomic E-state index is 11.5. The van der Waals surface area contributed by atoms with E-state index >= 15 is 0 Å². The minimum Gasteiger partial charge on any atom is -0.343 e. The number of thioether (sulfide) groups is 1. The first kappa shape index (κ1) is 15.8. The smallest absolute Gasteiger partial charge is 0.222 e. The van der Waals surface area contributed by atoms with E-state index < -0.39 is 0 Å². The van der Waals surface area contributed by atoms with Crippen LogP contribution < -0.4 is 0 Å². The van der Waals surface area contributed by atoms with Gasteiger partial charge in [0.1, 0.15) is 11.1 Å². The number of aromatic nitrogens is 1. The van der Waals surface area contributed by atoms with Gasteiger partial charge < -0.3 is 4.90 Å². The molecule has 1 amide bonds. The number of nitrogens with zero attached hydrogens (tertiary/aromatic N) is 3. The number of nitriles is 1. The molecule has 0 spiro atoms. The minimum absolute atomic E-state index is 0.276. The van der Waals surface area contributed by atoms with Crippen molar-refractivity contribution >= 4 is 17.7 Å². The molecule has 2 rings (SSSR count). The molecule has 21 heavy (non-hydrogen) atoms. The van der Waals surface area contributed by atoms with Crippen molar-refractivity contribution in [1.29, 1.82) is 5.26 Å². The van der Waals surface area contributed by atoms with Crippen molar-refractivity contribution in [3.05, 3.63) is 22.4 Å². The fourth-order valence-electron chi connectivity index (χ4n) is 2.51. The van der Waals surface area contributed by atoms with E-state index in [0.29, 0.717) is 12.0 Å². The third kappa shape index (κ3) is 3.56. The summed E-state index contributed by atoms with van der Waals surface area (Å²) in [5.74, 6) is 1.16. The van der Waals surface area contributed by atoms with Crippen LogP contribution in [0.5, 0.6) is 0 Å². The van der Waals surface area contributed by atoms with Gasteiger partial charge in [-0.1, -0.05) is 0 Å². The van der Waals surface area contributed by atoms with E-state index in [2.05, 4.69) is 11.1 Å². The third-order valence-corrected chi connectivity index (χ3v) is 5.12. The van der Waals surface area contributed by atoms with Crippen LogP contribution in [0.2, 0.25) is 0 Å². The number of rotatable bonds is 5. The molecule has 0 radical (unpaired) electrons. The molecule has 0 atom stereocenters. The number of likely N-dealkylation sites (tertiary alicyclic amines) is 1. The number of pyridine rings is 1. The maximum absolute atomic E-state index is 11.5. The van der Waals surface area contributed by atoms with E-state index in [1.807, 2.05) is 25.7 Å². The minimum atomic E-state index is 0.276. The van der Waals surface area contributed by atoms with Crippen molar-refractivity contribution in [2.24, 2.45) is 0 Å². The van der Waals surface area contributed by atoms with Crippen molar-refractivity contribution in [3.63, 3.8) is 0 Å². The third-order valence-electron chi connectivity index (χ3n) is 4.06. The highest BCUT2D eigenvalue weighted by Gasteiger charge is 2.19. The molecule has 0 bridgehead atoms. The lowest BCUT2D eigenvalue weighted by Crippen LogP contribution is -2.25. The number of amides is 1. The Labute approximate surface area is 130 Å². The number of hydrogen-bond donors (Lipinski definition) is 0. The largest absolute Gasteiger partial charge is 0.343 e. The molecule has 4 nitrogen and oxygen atoms in total. The van der Waals surface area contributed by atoms with Crippen molar-refractivity contribution in [3.8, 4) is 6.07 Å². The van der Waals surface area contributed by atoms with E-state index in [1.54, 1.807) is 11.8 Å². The number of hydrogen-bond acceptors (Lipinski definition) is 4. The summed E-state index contributed by atoms with van der Waals surface area (Å²) in [4.78, 5) is 18.0. The van der Waals surface area contributed by atoms with Crippen LogP contribution in [-0.4, -0.2) is 34.6 Å². The van der Waals surface area contributed by atoms with Crippen LogP contribution in [0.1, 0.15) is 41.6 Å². The molecule has 1 aliphatic heterocycles. The standard InChI is InChI=1S/C16H21N3OS/c1-11-12(2)14(10-17)16(18-13(11)3)21-9-5-8-19-7-4-6-15(19)20/h4-9H2,1-3H3. The summed E-state index contributed by atoms with van der Waals surface area (Å²) in [6, 6.07) is 2.27. The summed E-state index contributed by atoms with van der Waals surface area (Å²) >= 11 is 1.62. The van der Waals surface area contributed by atoms with Crippen molar-refractivity contribution in [1.82, 2.24) is 9.88 Å². The van der Waals surface area contributed by atoms with Gasteiger partial charge in [-0.25, -0.2) is 4.98 Å². The molecule has 0 N–H and O–H groups in total. The summed E-state index contributed by atoms with van der Waals surface area (Å²) in [7, 11) is 0. The summed E-state index contributed by atoms with van der Waals surface area (Å²) in [5, 5.41) is 10.1. The summed E-state index contributed by atoms with van der Waals surface area (Å²) in [5.41, 5.74) is 3.81. The first-order chi connectivity index (χ1) is 10.0. The topological polar surface area (TPSA) is 57.0 Å². The van der Waals surface area contributed by atoms with Gasteiger partial charge >= 0.3 is 0 Å². The van der Waals surface area contributed by atoms with Crippen LogP contribution in [0.15, 0.2) is 5.03 Å². The summed E-state index contributed by atoms with van der Waals surface area (Å²) < 4.78 is 0. The zero-order chi connectivity index (χ0) is 15.4. The van der Waals surface area contributed by atoms with Crippen molar-refractivity contribution in [2.75, 3.05) is 18.8 Å². The van der Waals surface area contributed by atoms with E-state index in [1.165, 1.54) is 0 Å². The normalized spacial score (nSPS) is 14.6. The Morgan fingerprint density at radius 1 is 1.33 bits per heavy atom. The van der Waals surface area contributed by atoms with E-state index in [0.717, 1.165) is 53.5 Å². The van der Waals surface area contributed by atoms with Crippen LogP contribution in [0.3, 0.4) is 0 Å². The zero-order valence-electron chi connectivity index (χ0n) is 12.9. The lowest BCUT2D eigenvalue weighted by Gasteiger charge is -2.15. The lowest BCUT2D eigenvalue weighted by molar-refractivity contribution is -0.127. The molecule has 5 heteroatoms. The Kier molecular flexibility index (Phi) is 5.24. The monoisotopic (exact) mass is 303 g/mol. The van der Waals surface area contributed by atoms with E-state index in [-0.39, 0.29) is 5.91 Å². The quantitative estimate of drug-likeness (QED) is 0.620. The van der Waals surface area contributed by atoms with E-state index in [9.17, 15) is 10.1 Å². The average Bonchev–Trinajstić information content (AvgIpc) is 2.87. The van der Waals surface area contributed by atoms with Crippen LogP contribution in [0, 0.1) is 32.1 Å². The molecule has 1 aromatic rings. The molecular formula is C16H21N3OS. The highest BCUT2D eigenvalue weighted by molar-refractivity contribution is 7.99. The highest BCUT2D eigenvalue weighted by Crippen LogP contribution is 2.26. The lowest BCUT2D eigenvalue weighted by atomic mass is 10.1. The van der Waals surface area contributed by atoms with Crippen LogP contribution in [-0.2, 0) is 4.79 Å². The Bertz CT molecular complexity index is 592. The number of carbonyl (C=O) groups excluding carboxylic acids is 1. The van der Waals surface area contributed by atoms with Gasteiger partial charge in [-0.3, -0.25) is 4.79 Å². The molecule has 112 valence electrons. The number of aryl methyl sites for hydroxylation is 1. The second-order valence-corrected chi connectivity index (χ2v) is 6.51. The molecule has 0 saturated carbocycles. The fraction of sp³-hybridized carbons (Fsp3) is 0.562. The maximum Gasteiger partial charge on any atom is 0.222 e. The first-order valence-corrected chi connectivity index (χ1v) is 8.31. The molecule has 1 fully saturated rings. The molecule has 2 heterocycles.